The normalized spacial score (nSPS) is 39.2. The number of hydrogen-bond donors (Lipinski definition) is 1. The summed E-state index contributed by atoms with van der Waals surface area (Å²) in [6, 6.07) is 0.792. The maximum atomic E-state index is 5.79. The molecule has 1 saturated heterocycles. The molecule has 1 N–H and O–H groups in total. The van der Waals surface area contributed by atoms with Gasteiger partial charge in [0.05, 0.1) is 6.10 Å². The minimum absolute atomic E-state index is 0.505. The lowest BCUT2D eigenvalue weighted by molar-refractivity contribution is 0.0140. The lowest BCUT2D eigenvalue weighted by Gasteiger charge is -2.32. The van der Waals surface area contributed by atoms with Crippen LogP contribution in [-0.4, -0.2) is 25.3 Å². The lowest BCUT2D eigenvalue weighted by Crippen LogP contribution is -2.40. The third kappa shape index (κ3) is 3.45. The van der Waals surface area contributed by atoms with E-state index in [9.17, 15) is 0 Å². The van der Waals surface area contributed by atoms with Crippen LogP contribution in [0.3, 0.4) is 0 Å². The van der Waals surface area contributed by atoms with Gasteiger partial charge in [-0.2, -0.15) is 0 Å². The van der Waals surface area contributed by atoms with E-state index in [4.69, 9.17) is 4.74 Å². The van der Waals surface area contributed by atoms with Crippen LogP contribution in [-0.2, 0) is 4.74 Å². The van der Waals surface area contributed by atoms with Gasteiger partial charge in [0.25, 0.3) is 0 Å². The highest BCUT2D eigenvalue weighted by Crippen LogP contribution is 2.43. The van der Waals surface area contributed by atoms with Gasteiger partial charge in [-0.05, 0) is 56.8 Å². The monoisotopic (exact) mass is 237 g/mol. The van der Waals surface area contributed by atoms with E-state index in [-0.39, 0.29) is 0 Å². The van der Waals surface area contributed by atoms with Gasteiger partial charge in [-0.15, -0.1) is 0 Å². The standard InChI is InChI=1S/C15H27NO/c1-2-9-17-15(6-1)11-16-14-5-3-4-13(10-14)12-7-8-12/h12-16H,1-11H2. The Morgan fingerprint density at radius 1 is 0.882 bits per heavy atom. The number of hydrogen-bond acceptors (Lipinski definition) is 2. The SMILES string of the molecule is C1CCC(CNC2CCCC(C3CC3)C2)OC1. The summed E-state index contributed by atoms with van der Waals surface area (Å²) in [6.45, 7) is 2.09. The van der Waals surface area contributed by atoms with Gasteiger partial charge in [-0.25, -0.2) is 0 Å². The average Bonchev–Trinajstić information content (AvgIpc) is 3.22. The highest BCUT2D eigenvalue weighted by Gasteiger charge is 2.34. The summed E-state index contributed by atoms with van der Waals surface area (Å²) in [5.41, 5.74) is 0. The molecular weight excluding hydrogens is 210 g/mol. The van der Waals surface area contributed by atoms with Crippen molar-refractivity contribution in [1.82, 2.24) is 5.32 Å². The van der Waals surface area contributed by atoms with Crippen LogP contribution in [0.4, 0.5) is 0 Å². The van der Waals surface area contributed by atoms with Crippen LogP contribution in [0.5, 0.6) is 0 Å². The molecular formula is C15H27NO. The molecule has 17 heavy (non-hydrogen) atoms. The number of nitrogens with one attached hydrogen (secondary N) is 1. The zero-order valence-corrected chi connectivity index (χ0v) is 11.0. The fraction of sp³-hybridized carbons (Fsp3) is 1.00. The zero-order valence-electron chi connectivity index (χ0n) is 11.0. The molecule has 3 rings (SSSR count). The van der Waals surface area contributed by atoms with Crippen molar-refractivity contribution in [2.24, 2.45) is 11.8 Å². The summed E-state index contributed by atoms with van der Waals surface area (Å²) < 4.78 is 5.79. The molecule has 3 unspecified atom stereocenters. The first kappa shape index (κ1) is 12.0. The molecule has 3 atom stereocenters. The van der Waals surface area contributed by atoms with Crippen LogP contribution in [0, 0.1) is 11.8 Å². The fourth-order valence-corrected chi connectivity index (χ4v) is 3.68. The number of rotatable bonds is 4. The Bertz CT molecular complexity index is 233. The van der Waals surface area contributed by atoms with Crippen molar-refractivity contribution in [2.75, 3.05) is 13.2 Å². The van der Waals surface area contributed by atoms with E-state index in [1.54, 1.807) is 0 Å². The van der Waals surface area contributed by atoms with Gasteiger partial charge in [0.15, 0.2) is 0 Å². The van der Waals surface area contributed by atoms with Crippen LogP contribution < -0.4 is 5.32 Å². The molecule has 3 aliphatic rings. The predicted octanol–water partition coefficient (Wildman–Crippen LogP) is 3.11. The van der Waals surface area contributed by atoms with Gasteiger partial charge in [0.2, 0.25) is 0 Å². The van der Waals surface area contributed by atoms with Gasteiger partial charge < -0.3 is 10.1 Å². The largest absolute Gasteiger partial charge is 0.377 e. The van der Waals surface area contributed by atoms with Gasteiger partial charge in [-0.1, -0.05) is 12.8 Å². The summed E-state index contributed by atoms with van der Waals surface area (Å²) in [7, 11) is 0. The van der Waals surface area contributed by atoms with E-state index in [1.165, 1.54) is 57.8 Å². The van der Waals surface area contributed by atoms with Crippen molar-refractivity contribution in [3.63, 3.8) is 0 Å². The summed E-state index contributed by atoms with van der Waals surface area (Å²) in [5, 5.41) is 3.78. The maximum absolute atomic E-state index is 5.79. The highest BCUT2D eigenvalue weighted by atomic mass is 16.5. The summed E-state index contributed by atoms with van der Waals surface area (Å²) in [4.78, 5) is 0. The van der Waals surface area contributed by atoms with Crippen molar-refractivity contribution in [3.8, 4) is 0 Å². The van der Waals surface area contributed by atoms with Gasteiger partial charge in [0.1, 0.15) is 0 Å². The molecule has 2 heteroatoms. The Morgan fingerprint density at radius 3 is 2.59 bits per heavy atom. The fourth-order valence-electron chi connectivity index (χ4n) is 3.68. The molecule has 2 aliphatic carbocycles. The third-order valence-electron chi connectivity index (χ3n) is 4.91. The molecule has 0 aromatic rings. The van der Waals surface area contributed by atoms with Gasteiger partial charge in [-0.3, -0.25) is 0 Å². The molecule has 2 nitrogen and oxygen atoms in total. The second-order valence-electron chi connectivity index (χ2n) is 6.36. The molecule has 1 heterocycles. The lowest BCUT2D eigenvalue weighted by atomic mass is 9.82. The Balaban J connectivity index is 1.38. The van der Waals surface area contributed by atoms with Crippen LogP contribution in [0.2, 0.25) is 0 Å². The Labute approximate surface area is 105 Å². The molecule has 0 aromatic carbocycles. The first-order chi connectivity index (χ1) is 8.42. The Kier molecular flexibility index (Phi) is 4.02. The first-order valence-electron chi connectivity index (χ1n) is 7.77. The minimum atomic E-state index is 0.505. The molecule has 0 aromatic heterocycles. The minimum Gasteiger partial charge on any atom is -0.377 e. The van der Waals surface area contributed by atoms with Crippen molar-refractivity contribution in [3.05, 3.63) is 0 Å². The zero-order chi connectivity index (χ0) is 11.5. The first-order valence-corrected chi connectivity index (χ1v) is 7.77. The molecule has 0 radical (unpaired) electrons. The Morgan fingerprint density at radius 2 is 1.82 bits per heavy atom. The second kappa shape index (κ2) is 5.71. The van der Waals surface area contributed by atoms with Crippen molar-refractivity contribution in [1.29, 1.82) is 0 Å². The molecule has 0 bridgehead atoms. The van der Waals surface area contributed by atoms with Crippen molar-refractivity contribution < 1.29 is 4.74 Å². The van der Waals surface area contributed by atoms with Crippen LogP contribution >= 0.6 is 0 Å². The van der Waals surface area contributed by atoms with Crippen molar-refractivity contribution in [2.45, 2.75) is 69.9 Å². The van der Waals surface area contributed by atoms with E-state index in [0.29, 0.717) is 6.10 Å². The highest BCUT2D eigenvalue weighted by molar-refractivity contribution is 4.88. The van der Waals surface area contributed by atoms with Crippen LogP contribution in [0.15, 0.2) is 0 Å². The third-order valence-corrected chi connectivity index (χ3v) is 4.91. The molecule has 0 amide bonds. The van der Waals surface area contributed by atoms with Crippen LogP contribution in [0.1, 0.15) is 57.8 Å². The molecule has 1 aliphatic heterocycles. The molecule has 3 fully saturated rings. The van der Waals surface area contributed by atoms with Gasteiger partial charge in [0, 0.05) is 19.2 Å². The van der Waals surface area contributed by atoms with E-state index in [2.05, 4.69) is 5.32 Å². The summed E-state index contributed by atoms with van der Waals surface area (Å²) in [6.07, 6.45) is 13.2. The second-order valence-corrected chi connectivity index (χ2v) is 6.36. The maximum Gasteiger partial charge on any atom is 0.0699 e. The van der Waals surface area contributed by atoms with E-state index >= 15 is 0 Å². The smallest absolute Gasteiger partial charge is 0.0699 e. The van der Waals surface area contributed by atoms with Crippen LogP contribution in [0.25, 0.3) is 0 Å². The number of ether oxygens (including phenoxy) is 1. The topological polar surface area (TPSA) is 21.3 Å². The quantitative estimate of drug-likeness (QED) is 0.811. The van der Waals surface area contributed by atoms with E-state index in [0.717, 1.165) is 31.0 Å². The predicted molar refractivity (Wildman–Crippen MR) is 70.1 cm³/mol. The Hall–Kier alpha value is -0.0800. The average molecular weight is 237 g/mol. The molecule has 98 valence electrons. The molecule has 2 saturated carbocycles. The molecule has 0 spiro atoms. The summed E-state index contributed by atoms with van der Waals surface area (Å²) >= 11 is 0. The van der Waals surface area contributed by atoms with E-state index in [1.807, 2.05) is 0 Å². The van der Waals surface area contributed by atoms with Gasteiger partial charge >= 0.3 is 0 Å². The summed E-state index contributed by atoms with van der Waals surface area (Å²) in [5.74, 6) is 2.15. The van der Waals surface area contributed by atoms with Crippen molar-refractivity contribution >= 4 is 0 Å². The van der Waals surface area contributed by atoms with E-state index < -0.39 is 0 Å².